The fourth-order valence-electron chi connectivity index (χ4n) is 3.37. The summed E-state index contributed by atoms with van der Waals surface area (Å²) >= 11 is 0. The van der Waals surface area contributed by atoms with Crippen LogP contribution in [-0.4, -0.2) is 22.9 Å². The number of aromatic nitrogens is 2. The van der Waals surface area contributed by atoms with E-state index in [0.717, 1.165) is 24.8 Å². The van der Waals surface area contributed by atoms with Crippen molar-refractivity contribution in [2.75, 3.05) is 13.1 Å². The number of rotatable bonds is 5. The fraction of sp³-hybridized carbons (Fsp3) is 0.824. The first-order valence-electron chi connectivity index (χ1n) is 8.13. The van der Waals surface area contributed by atoms with Crippen molar-refractivity contribution in [1.29, 1.82) is 0 Å². The van der Waals surface area contributed by atoms with Crippen LogP contribution in [0.5, 0.6) is 0 Å². The molecule has 20 heavy (non-hydrogen) atoms. The lowest BCUT2D eigenvalue weighted by Gasteiger charge is -2.37. The van der Waals surface area contributed by atoms with Crippen LogP contribution in [0.15, 0.2) is 12.4 Å². The minimum atomic E-state index is 0.499. The van der Waals surface area contributed by atoms with Gasteiger partial charge in [-0.15, -0.1) is 0 Å². The van der Waals surface area contributed by atoms with Gasteiger partial charge in [-0.25, -0.2) is 0 Å². The first-order valence-corrected chi connectivity index (χ1v) is 8.13. The van der Waals surface area contributed by atoms with Crippen LogP contribution >= 0.6 is 0 Å². The molecule has 0 unspecified atom stereocenters. The maximum Gasteiger partial charge on any atom is 0.0522 e. The maximum absolute atomic E-state index is 4.21. The molecule has 1 N–H and O–H groups in total. The van der Waals surface area contributed by atoms with Crippen molar-refractivity contribution in [3.05, 3.63) is 18.0 Å². The summed E-state index contributed by atoms with van der Waals surface area (Å²) in [4.78, 5) is 0. The third-order valence-corrected chi connectivity index (χ3v) is 4.85. The molecule has 1 aromatic heterocycles. The highest BCUT2D eigenvalue weighted by Gasteiger charge is 2.29. The number of hydrogen-bond acceptors (Lipinski definition) is 2. The molecule has 0 atom stereocenters. The van der Waals surface area contributed by atoms with Crippen LogP contribution in [0.2, 0.25) is 0 Å². The van der Waals surface area contributed by atoms with Crippen LogP contribution in [0.4, 0.5) is 0 Å². The maximum atomic E-state index is 4.21. The minimum absolute atomic E-state index is 0.499. The van der Waals surface area contributed by atoms with Gasteiger partial charge in [-0.3, -0.25) is 4.68 Å². The summed E-state index contributed by atoms with van der Waals surface area (Å²) in [6.45, 7) is 9.44. The van der Waals surface area contributed by atoms with Gasteiger partial charge in [0, 0.05) is 13.2 Å². The molecule has 1 heterocycles. The third kappa shape index (κ3) is 4.62. The lowest BCUT2D eigenvalue weighted by Crippen LogP contribution is -2.31. The first-order chi connectivity index (χ1) is 9.45. The van der Waals surface area contributed by atoms with Gasteiger partial charge in [0.15, 0.2) is 0 Å². The zero-order valence-electron chi connectivity index (χ0n) is 13.7. The van der Waals surface area contributed by atoms with Crippen molar-refractivity contribution >= 4 is 0 Å². The van der Waals surface area contributed by atoms with Crippen molar-refractivity contribution < 1.29 is 0 Å². The van der Waals surface area contributed by atoms with Crippen molar-refractivity contribution in [3.63, 3.8) is 0 Å². The normalized spacial score (nSPS) is 24.0. The molecule has 3 heteroatoms. The van der Waals surface area contributed by atoms with E-state index in [4.69, 9.17) is 0 Å². The van der Waals surface area contributed by atoms with Crippen molar-refractivity contribution in [2.24, 2.45) is 24.3 Å². The Morgan fingerprint density at radius 3 is 2.50 bits per heavy atom. The molecule has 1 fully saturated rings. The Labute approximate surface area is 124 Å². The fourth-order valence-corrected chi connectivity index (χ4v) is 3.37. The van der Waals surface area contributed by atoms with Crippen LogP contribution in [0.1, 0.15) is 52.0 Å². The molecular weight excluding hydrogens is 246 g/mol. The Bertz CT molecular complexity index is 395. The lowest BCUT2D eigenvalue weighted by molar-refractivity contribution is 0.149. The number of aryl methyl sites for hydroxylation is 1. The smallest absolute Gasteiger partial charge is 0.0522 e. The molecule has 3 nitrogen and oxygen atoms in total. The van der Waals surface area contributed by atoms with Crippen LogP contribution in [-0.2, 0) is 13.5 Å². The van der Waals surface area contributed by atoms with Crippen molar-refractivity contribution in [1.82, 2.24) is 15.1 Å². The van der Waals surface area contributed by atoms with Gasteiger partial charge in [-0.1, -0.05) is 20.8 Å². The average Bonchev–Trinajstić information content (AvgIpc) is 2.80. The summed E-state index contributed by atoms with van der Waals surface area (Å²) in [5.41, 5.74) is 1.83. The highest BCUT2D eigenvalue weighted by Crippen LogP contribution is 2.39. The molecule has 0 aromatic carbocycles. The number of nitrogens with one attached hydrogen (secondary N) is 1. The second-order valence-corrected chi connectivity index (χ2v) is 7.56. The van der Waals surface area contributed by atoms with Crippen LogP contribution in [0.25, 0.3) is 0 Å². The van der Waals surface area contributed by atoms with Gasteiger partial charge in [0.05, 0.1) is 6.20 Å². The Morgan fingerprint density at radius 2 is 1.95 bits per heavy atom. The van der Waals surface area contributed by atoms with Crippen molar-refractivity contribution in [2.45, 2.75) is 52.9 Å². The van der Waals surface area contributed by atoms with E-state index in [9.17, 15) is 0 Å². The highest BCUT2D eigenvalue weighted by molar-refractivity contribution is 5.03. The summed E-state index contributed by atoms with van der Waals surface area (Å²) < 4.78 is 1.88. The molecular formula is C17H31N3. The Hall–Kier alpha value is -0.830. The molecule has 1 aromatic rings. The van der Waals surface area contributed by atoms with E-state index < -0.39 is 0 Å². The van der Waals surface area contributed by atoms with Crippen LogP contribution in [0, 0.1) is 17.3 Å². The van der Waals surface area contributed by atoms with Gasteiger partial charge in [-0.2, -0.15) is 5.10 Å². The predicted octanol–water partition coefficient (Wildman–Crippen LogP) is 3.40. The van der Waals surface area contributed by atoms with E-state index in [1.54, 1.807) is 0 Å². The zero-order valence-corrected chi connectivity index (χ0v) is 13.7. The summed E-state index contributed by atoms with van der Waals surface area (Å²) in [6, 6.07) is 0. The van der Waals surface area contributed by atoms with Crippen LogP contribution < -0.4 is 5.32 Å². The number of nitrogens with zero attached hydrogens (tertiary/aromatic N) is 2. The molecule has 0 amide bonds. The number of hydrogen-bond donors (Lipinski definition) is 1. The lowest BCUT2D eigenvalue weighted by atomic mass is 9.70. The molecule has 0 spiro atoms. The van der Waals surface area contributed by atoms with Gasteiger partial charge >= 0.3 is 0 Å². The van der Waals surface area contributed by atoms with E-state index in [1.165, 1.54) is 37.8 Å². The van der Waals surface area contributed by atoms with Gasteiger partial charge in [0.25, 0.3) is 0 Å². The standard InChI is InChI=1S/C17H31N3/c1-17(2,3)16-7-5-14(6-8-16)11-18-10-9-15-12-19-20(4)13-15/h12-14,16,18H,5-11H2,1-4H3. The topological polar surface area (TPSA) is 29.9 Å². The van der Waals surface area contributed by atoms with Crippen molar-refractivity contribution in [3.8, 4) is 0 Å². The molecule has 0 saturated heterocycles. The van der Waals surface area contributed by atoms with Gasteiger partial charge in [0.1, 0.15) is 0 Å². The van der Waals surface area contributed by atoms with E-state index in [2.05, 4.69) is 37.4 Å². The molecule has 114 valence electrons. The molecule has 1 aliphatic carbocycles. The highest BCUT2D eigenvalue weighted by atomic mass is 15.2. The van der Waals surface area contributed by atoms with Gasteiger partial charge in [-0.05, 0) is 68.0 Å². The van der Waals surface area contributed by atoms with E-state index in [1.807, 2.05) is 17.9 Å². The monoisotopic (exact) mass is 277 g/mol. The zero-order chi connectivity index (χ0) is 14.6. The van der Waals surface area contributed by atoms with E-state index in [-0.39, 0.29) is 0 Å². The molecule has 2 rings (SSSR count). The molecule has 0 bridgehead atoms. The quantitative estimate of drug-likeness (QED) is 0.836. The average molecular weight is 277 g/mol. The second kappa shape index (κ2) is 6.75. The predicted molar refractivity (Wildman–Crippen MR) is 84.7 cm³/mol. The Kier molecular flexibility index (Phi) is 5.25. The van der Waals surface area contributed by atoms with Gasteiger partial charge < -0.3 is 5.32 Å². The van der Waals surface area contributed by atoms with Gasteiger partial charge in [0.2, 0.25) is 0 Å². The summed E-state index contributed by atoms with van der Waals surface area (Å²) in [6.07, 6.45) is 10.8. The first kappa shape index (κ1) is 15.6. The second-order valence-electron chi connectivity index (χ2n) is 7.56. The molecule has 0 aliphatic heterocycles. The van der Waals surface area contributed by atoms with E-state index >= 15 is 0 Å². The Morgan fingerprint density at radius 1 is 1.25 bits per heavy atom. The molecule has 1 aliphatic rings. The summed E-state index contributed by atoms with van der Waals surface area (Å²) in [7, 11) is 1.98. The third-order valence-electron chi connectivity index (χ3n) is 4.85. The summed E-state index contributed by atoms with van der Waals surface area (Å²) in [5.74, 6) is 1.82. The van der Waals surface area contributed by atoms with Crippen LogP contribution in [0.3, 0.4) is 0 Å². The molecule has 0 radical (unpaired) electrons. The summed E-state index contributed by atoms with van der Waals surface area (Å²) in [5, 5.41) is 7.83. The SMILES string of the molecule is Cn1cc(CCNCC2CCC(C(C)(C)C)CC2)cn1. The Balaban J connectivity index is 1.59. The van der Waals surface area contributed by atoms with E-state index in [0.29, 0.717) is 5.41 Å². The largest absolute Gasteiger partial charge is 0.316 e. The minimum Gasteiger partial charge on any atom is -0.316 e. The molecule has 1 saturated carbocycles.